The van der Waals surface area contributed by atoms with Crippen LogP contribution in [-0.2, 0) is 28.0 Å². The lowest BCUT2D eigenvalue weighted by Gasteiger charge is -2.31. The van der Waals surface area contributed by atoms with Crippen LogP contribution in [0.5, 0.6) is 0 Å². The Morgan fingerprint density at radius 3 is 2.32 bits per heavy atom. The van der Waals surface area contributed by atoms with Gasteiger partial charge in [-0.2, -0.15) is 13.2 Å². The number of aliphatic hydroxyl groups is 1. The smallest absolute Gasteiger partial charge is 0.403 e. The lowest BCUT2D eigenvalue weighted by atomic mass is 9.91. The van der Waals surface area contributed by atoms with Gasteiger partial charge in [-0.1, -0.05) is 29.8 Å². The molecule has 1 saturated carbocycles. The molecule has 8 nitrogen and oxygen atoms in total. The second-order valence-electron chi connectivity index (χ2n) is 10.6. The highest BCUT2D eigenvalue weighted by atomic mass is 35.5. The molecule has 4 aromatic rings. The summed E-state index contributed by atoms with van der Waals surface area (Å²) in [5, 5.41) is 11.4. The van der Waals surface area contributed by atoms with Crippen LogP contribution in [0.25, 0.3) is 16.8 Å². The number of nitrogens with zero attached hydrogens (tertiary/aromatic N) is 3. The second-order valence-corrected chi connectivity index (χ2v) is 13.0. The molecule has 0 amide bonds. The molecule has 232 valence electrons. The van der Waals surface area contributed by atoms with Crippen LogP contribution in [-0.4, -0.2) is 29.3 Å². The summed E-state index contributed by atoms with van der Waals surface area (Å²) in [5.74, 6) is 5.83. The zero-order valence-electron chi connectivity index (χ0n) is 23.5. The van der Waals surface area contributed by atoms with Gasteiger partial charge < -0.3 is 15.4 Å². The molecule has 1 fully saturated rings. The summed E-state index contributed by atoms with van der Waals surface area (Å²) >= 11 is 6.10. The van der Waals surface area contributed by atoms with E-state index in [0.717, 1.165) is 24.1 Å². The molecule has 44 heavy (non-hydrogen) atoms. The first-order chi connectivity index (χ1) is 20.6. The van der Waals surface area contributed by atoms with Gasteiger partial charge in [-0.15, -0.1) is 0 Å². The van der Waals surface area contributed by atoms with Gasteiger partial charge in [0.15, 0.2) is 15.5 Å². The Hall–Kier alpha value is -3.91. The van der Waals surface area contributed by atoms with Gasteiger partial charge in [-0.25, -0.2) is 23.6 Å². The fraction of sp³-hybridized carbons (Fsp3) is 0.233. The number of aromatic nitrogens is 2. The van der Waals surface area contributed by atoms with E-state index in [0.29, 0.717) is 29.1 Å². The van der Waals surface area contributed by atoms with Crippen LogP contribution in [0.1, 0.15) is 35.5 Å². The maximum absolute atomic E-state index is 15.0. The minimum Gasteiger partial charge on any atom is -0.403 e. The van der Waals surface area contributed by atoms with Crippen molar-refractivity contribution in [2.45, 2.75) is 42.9 Å². The van der Waals surface area contributed by atoms with Gasteiger partial charge in [0.05, 0.1) is 28.6 Å². The molecule has 1 aliphatic carbocycles. The first-order valence-corrected chi connectivity index (χ1v) is 15.5. The van der Waals surface area contributed by atoms with E-state index in [4.69, 9.17) is 23.2 Å². The van der Waals surface area contributed by atoms with Crippen molar-refractivity contribution in [3.8, 4) is 16.8 Å². The second kappa shape index (κ2) is 11.2. The highest BCUT2D eigenvalue weighted by molar-refractivity contribution is 7.90. The van der Waals surface area contributed by atoms with E-state index in [1.54, 1.807) is 12.1 Å². The first kappa shape index (κ1) is 31.5. The van der Waals surface area contributed by atoms with Crippen molar-refractivity contribution >= 4 is 27.1 Å². The minimum atomic E-state index is -4.71. The van der Waals surface area contributed by atoms with Crippen LogP contribution in [0.2, 0.25) is 5.02 Å². The molecule has 0 spiro atoms. The molecule has 1 aliphatic rings. The maximum Gasteiger partial charge on any atom is 0.434 e. The topological polar surface area (TPSA) is 127 Å². The number of halogens is 5. The van der Waals surface area contributed by atoms with Gasteiger partial charge in [0.2, 0.25) is 0 Å². The van der Waals surface area contributed by atoms with E-state index in [2.05, 4.69) is 4.98 Å². The fourth-order valence-electron chi connectivity index (χ4n) is 5.40. The zero-order valence-corrected chi connectivity index (χ0v) is 25.1. The van der Waals surface area contributed by atoms with Crippen molar-refractivity contribution < 1.29 is 31.1 Å². The molecule has 0 unspecified atom stereocenters. The molecule has 5 rings (SSSR count). The van der Waals surface area contributed by atoms with Crippen molar-refractivity contribution in [3.63, 3.8) is 0 Å². The normalized spacial score (nSPS) is 15.0. The molecule has 0 aliphatic heterocycles. The third kappa shape index (κ3) is 5.68. The number of hydrogen-bond donors (Lipinski definition) is 3. The van der Waals surface area contributed by atoms with Crippen LogP contribution < -0.4 is 16.6 Å². The summed E-state index contributed by atoms with van der Waals surface area (Å²) in [6.07, 6.45) is -0.288. The number of nitrogens with two attached hydrogens (primary N) is 2. The van der Waals surface area contributed by atoms with E-state index in [9.17, 15) is 26.7 Å². The average molecular weight is 650 g/mol. The molecule has 1 aromatic heterocycles. The number of rotatable bonds is 8. The van der Waals surface area contributed by atoms with E-state index < -0.39 is 44.4 Å². The summed E-state index contributed by atoms with van der Waals surface area (Å²) in [6, 6.07) is 13.9. The van der Waals surface area contributed by atoms with Gasteiger partial charge in [0.1, 0.15) is 11.6 Å². The van der Waals surface area contributed by atoms with Crippen molar-refractivity contribution in [3.05, 3.63) is 106 Å². The van der Waals surface area contributed by atoms with Gasteiger partial charge in [-0.3, -0.25) is 5.01 Å². The molecule has 0 atom stereocenters. The number of sulfone groups is 1. The number of benzene rings is 3. The minimum absolute atomic E-state index is 0.0227. The van der Waals surface area contributed by atoms with Crippen LogP contribution in [0.4, 0.5) is 23.2 Å². The van der Waals surface area contributed by atoms with Gasteiger partial charge in [0.25, 0.3) is 0 Å². The Kier molecular flexibility index (Phi) is 8.04. The Morgan fingerprint density at radius 2 is 1.80 bits per heavy atom. The standard InChI is InChI=1S/C30H28ClF4N5O3S/c1-17-38-27(30(33,34)35)15-39(17)24-8-3-18(19-11-23(32)22(16-41)26(13-19)44(2,42)43)12-25(24)40(37)28(14-36)29(9-10-29)20-4-6-21(31)7-5-20/h3-8,11-15,41H,9-10,16,36-37H2,1-2H3/b28-14-. The van der Waals surface area contributed by atoms with Gasteiger partial charge in [0, 0.05) is 34.7 Å². The van der Waals surface area contributed by atoms with Crippen LogP contribution in [0, 0.1) is 12.7 Å². The number of hydrazine groups is 1. The third-order valence-corrected chi connectivity index (χ3v) is 9.18. The Bertz CT molecular complexity index is 1890. The van der Waals surface area contributed by atoms with Crippen molar-refractivity contribution in [2.75, 3.05) is 11.3 Å². The Morgan fingerprint density at radius 1 is 1.14 bits per heavy atom. The average Bonchev–Trinajstić information content (AvgIpc) is 3.65. The molecule has 1 heterocycles. The number of imidazole rings is 1. The number of aryl methyl sites for hydroxylation is 1. The molecular weight excluding hydrogens is 622 g/mol. The predicted molar refractivity (Wildman–Crippen MR) is 159 cm³/mol. The highest BCUT2D eigenvalue weighted by Crippen LogP contribution is 2.55. The number of alkyl halides is 3. The summed E-state index contributed by atoms with van der Waals surface area (Å²) in [6.45, 7) is 0.569. The molecule has 14 heteroatoms. The van der Waals surface area contributed by atoms with Gasteiger partial charge >= 0.3 is 6.18 Å². The van der Waals surface area contributed by atoms with Crippen molar-refractivity contribution in [1.82, 2.24) is 9.55 Å². The summed E-state index contributed by atoms with van der Waals surface area (Å²) < 4.78 is 81.9. The lowest BCUT2D eigenvalue weighted by molar-refractivity contribution is -0.141. The van der Waals surface area contributed by atoms with Crippen molar-refractivity contribution in [2.24, 2.45) is 11.6 Å². The molecule has 0 saturated heterocycles. The van der Waals surface area contributed by atoms with Crippen LogP contribution >= 0.6 is 11.6 Å². The predicted octanol–water partition coefficient (Wildman–Crippen LogP) is 5.77. The lowest BCUT2D eigenvalue weighted by Crippen LogP contribution is -2.37. The van der Waals surface area contributed by atoms with Crippen LogP contribution in [0.15, 0.2) is 77.6 Å². The van der Waals surface area contributed by atoms with E-state index >= 15 is 4.39 Å². The number of aliphatic hydroxyl groups excluding tert-OH is 1. The van der Waals surface area contributed by atoms with E-state index in [1.165, 1.54) is 47.0 Å². The maximum atomic E-state index is 15.0. The summed E-state index contributed by atoms with van der Waals surface area (Å²) in [4.78, 5) is 3.28. The Labute approximate surface area is 256 Å². The first-order valence-electron chi connectivity index (χ1n) is 13.3. The highest BCUT2D eigenvalue weighted by Gasteiger charge is 2.50. The monoisotopic (exact) mass is 649 g/mol. The SMILES string of the molecule is Cc1nc(C(F)(F)F)cn1-c1ccc(-c2cc(F)c(CO)c(S(C)(=O)=O)c2)cc1N(N)/C(=C\N)C1(c2ccc(Cl)cc2)CC1. The summed E-state index contributed by atoms with van der Waals surface area (Å²) in [5.41, 5.74) is 6.19. The Balaban J connectivity index is 1.72. The summed E-state index contributed by atoms with van der Waals surface area (Å²) in [7, 11) is -3.94. The van der Waals surface area contributed by atoms with E-state index in [1.807, 2.05) is 12.1 Å². The zero-order chi connectivity index (χ0) is 32.2. The van der Waals surface area contributed by atoms with Gasteiger partial charge in [-0.05, 0) is 72.9 Å². The van der Waals surface area contributed by atoms with Crippen LogP contribution in [0.3, 0.4) is 0 Å². The molecule has 3 aromatic carbocycles. The molecular formula is C30H28ClF4N5O3S. The molecule has 0 radical (unpaired) electrons. The third-order valence-electron chi connectivity index (χ3n) is 7.77. The van der Waals surface area contributed by atoms with E-state index in [-0.39, 0.29) is 28.3 Å². The molecule has 5 N–H and O–H groups in total. The number of hydrogen-bond acceptors (Lipinski definition) is 7. The number of allylic oxidation sites excluding steroid dienone is 1. The van der Waals surface area contributed by atoms with Crippen molar-refractivity contribution in [1.29, 1.82) is 0 Å². The largest absolute Gasteiger partial charge is 0.434 e. The molecule has 0 bridgehead atoms. The number of anilines is 1. The quantitative estimate of drug-likeness (QED) is 0.126. The fourth-order valence-corrected chi connectivity index (χ4v) is 6.48.